The first kappa shape index (κ1) is 14.7. The molecule has 2 aromatic carbocycles. The summed E-state index contributed by atoms with van der Waals surface area (Å²) in [5, 5.41) is 3.88. The van der Waals surface area contributed by atoms with Gasteiger partial charge >= 0.3 is 0 Å². The third-order valence-corrected chi connectivity index (χ3v) is 3.93. The van der Waals surface area contributed by atoms with Crippen LogP contribution in [-0.2, 0) is 0 Å². The molecule has 3 rings (SSSR count). The van der Waals surface area contributed by atoms with E-state index in [0.717, 1.165) is 20.9 Å². The Balaban J connectivity index is 1.91. The number of H-pyrrole nitrogens is 1. The van der Waals surface area contributed by atoms with E-state index in [0.29, 0.717) is 17.1 Å². The molecule has 0 radical (unpaired) electrons. The second-order valence-corrected chi connectivity index (χ2v) is 5.99. The first-order chi connectivity index (χ1) is 10.6. The zero-order valence-electron chi connectivity index (χ0n) is 12.2. The molecule has 3 aromatic rings. The van der Waals surface area contributed by atoms with E-state index in [9.17, 15) is 4.79 Å². The number of ether oxygens (including phenoxy) is 1. The molecule has 0 unspecified atom stereocenters. The lowest BCUT2D eigenvalue weighted by Crippen LogP contribution is -2.13. The Morgan fingerprint density at radius 1 is 1.18 bits per heavy atom. The van der Waals surface area contributed by atoms with Crippen molar-refractivity contribution in [1.29, 1.82) is 0 Å². The number of carbonyl (C=O) groups excluding carboxylic acids is 1. The van der Waals surface area contributed by atoms with Gasteiger partial charge in [-0.15, -0.1) is 0 Å². The van der Waals surface area contributed by atoms with Crippen LogP contribution < -0.4 is 10.1 Å². The fourth-order valence-electron chi connectivity index (χ4n) is 2.33. The minimum Gasteiger partial charge on any atom is -0.495 e. The third-order valence-electron chi connectivity index (χ3n) is 3.43. The van der Waals surface area contributed by atoms with Gasteiger partial charge in [-0.2, -0.15) is 0 Å². The van der Waals surface area contributed by atoms with Gasteiger partial charge in [-0.05, 0) is 42.8 Å². The van der Waals surface area contributed by atoms with Crippen LogP contribution in [0.1, 0.15) is 16.1 Å². The quantitative estimate of drug-likeness (QED) is 0.724. The topological polar surface area (TPSA) is 54.1 Å². The summed E-state index contributed by atoms with van der Waals surface area (Å²) in [4.78, 5) is 15.6. The summed E-state index contributed by atoms with van der Waals surface area (Å²) in [5.74, 6) is 0.439. The van der Waals surface area contributed by atoms with Gasteiger partial charge in [0.05, 0.1) is 12.8 Å². The van der Waals surface area contributed by atoms with E-state index in [1.54, 1.807) is 7.11 Å². The van der Waals surface area contributed by atoms with Gasteiger partial charge in [-0.3, -0.25) is 4.79 Å². The number of fused-ring (bicyclic) bond motifs is 1. The number of aryl methyl sites for hydroxylation is 1. The number of halogens is 1. The molecule has 1 aromatic heterocycles. The van der Waals surface area contributed by atoms with Gasteiger partial charge in [0.2, 0.25) is 0 Å². The van der Waals surface area contributed by atoms with Crippen molar-refractivity contribution in [2.75, 3.05) is 12.4 Å². The number of methoxy groups -OCH3 is 1. The van der Waals surface area contributed by atoms with Crippen LogP contribution in [0.15, 0.2) is 46.9 Å². The van der Waals surface area contributed by atoms with Gasteiger partial charge in [-0.1, -0.05) is 28.1 Å². The van der Waals surface area contributed by atoms with Crippen molar-refractivity contribution in [2.24, 2.45) is 0 Å². The second-order valence-electron chi connectivity index (χ2n) is 5.07. The Hall–Kier alpha value is -2.27. The Morgan fingerprint density at radius 2 is 2.00 bits per heavy atom. The number of nitrogens with one attached hydrogen (secondary N) is 2. The highest BCUT2D eigenvalue weighted by atomic mass is 79.9. The van der Waals surface area contributed by atoms with E-state index in [2.05, 4.69) is 26.2 Å². The highest BCUT2D eigenvalue weighted by Crippen LogP contribution is 2.26. The fraction of sp³-hybridized carbons (Fsp3) is 0.118. The molecule has 22 heavy (non-hydrogen) atoms. The summed E-state index contributed by atoms with van der Waals surface area (Å²) in [7, 11) is 1.58. The van der Waals surface area contributed by atoms with E-state index in [4.69, 9.17) is 4.74 Å². The van der Waals surface area contributed by atoms with Gasteiger partial charge in [0, 0.05) is 15.4 Å². The second kappa shape index (κ2) is 5.85. The number of hydrogen-bond donors (Lipinski definition) is 2. The Kier molecular flexibility index (Phi) is 3.90. The molecule has 0 saturated heterocycles. The van der Waals surface area contributed by atoms with E-state index in [1.807, 2.05) is 49.4 Å². The molecule has 0 atom stereocenters. The lowest BCUT2D eigenvalue weighted by Gasteiger charge is -2.10. The fourth-order valence-corrected chi connectivity index (χ4v) is 2.69. The molecular weight excluding hydrogens is 344 g/mol. The predicted octanol–water partition coefficient (Wildman–Crippen LogP) is 4.50. The number of hydrogen-bond acceptors (Lipinski definition) is 2. The van der Waals surface area contributed by atoms with Gasteiger partial charge < -0.3 is 15.0 Å². The molecule has 0 saturated carbocycles. The summed E-state index contributed by atoms with van der Waals surface area (Å²) < 4.78 is 6.25. The van der Waals surface area contributed by atoms with Crippen LogP contribution in [0, 0.1) is 6.92 Å². The Labute approximate surface area is 136 Å². The molecule has 112 valence electrons. The smallest absolute Gasteiger partial charge is 0.272 e. The molecule has 0 aliphatic carbocycles. The summed E-state index contributed by atoms with van der Waals surface area (Å²) in [6, 6.07) is 13.3. The highest BCUT2D eigenvalue weighted by molar-refractivity contribution is 9.10. The molecule has 5 heteroatoms. The maximum atomic E-state index is 12.4. The van der Waals surface area contributed by atoms with Crippen molar-refractivity contribution in [2.45, 2.75) is 6.92 Å². The molecule has 0 bridgehead atoms. The summed E-state index contributed by atoms with van der Waals surface area (Å²) >= 11 is 3.42. The number of aromatic nitrogens is 1. The highest BCUT2D eigenvalue weighted by Gasteiger charge is 2.12. The number of anilines is 1. The van der Waals surface area contributed by atoms with Crippen molar-refractivity contribution in [3.05, 3.63) is 58.2 Å². The van der Waals surface area contributed by atoms with Crippen molar-refractivity contribution in [3.63, 3.8) is 0 Å². The number of benzene rings is 2. The maximum absolute atomic E-state index is 12.4. The minimum atomic E-state index is -0.198. The average Bonchev–Trinajstić information content (AvgIpc) is 2.90. The van der Waals surface area contributed by atoms with Gasteiger partial charge in [0.1, 0.15) is 11.4 Å². The molecule has 1 heterocycles. The standard InChI is InChI=1S/C17H15BrN2O2/c1-10-3-6-16(22-2)14(7-10)20-17(21)15-8-11-4-5-12(18)9-13(11)19-15/h3-9,19H,1-2H3,(H,20,21). The van der Waals surface area contributed by atoms with Crippen molar-refractivity contribution < 1.29 is 9.53 Å². The van der Waals surface area contributed by atoms with E-state index in [-0.39, 0.29) is 5.91 Å². The minimum absolute atomic E-state index is 0.198. The molecule has 0 spiro atoms. The van der Waals surface area contributed by atoms with Crippen LogP contribution in [-0.4, -0.2) is 18.0 Å². The number of amides is 1. The first-order valence-corrected chi connectivity index (χ1v) is 7.60. The van der Waals surface area contributed by atoms with Crippen molar-refractivity contribution in [1.82, 2.24) is 4.98 Å². The molecule has 0 aliphatic heterocycles. The largest absolute Gasteiger partial charge is 0.495 e. The molecule has 0 fully saturated rings. The summed E-state index contributed by atoms with van der Waals surface area (Å²) in [6.45, 7) is 1.97. The Bertz CT molecular complexity index is 855. The van der Waals surface area contributed by atoms with E-state index >= 15 is 0 Å². The first-order valence-electron chi connectivity index (χ1n) is 6.81. The van der Waals surface area contributed by atoms with Gasteiger partial charge in [0.15, 0.2) is 0 Å². The van der Waals surface area contributed by atoms with Crippen molar-refractivity contribution >= 4 is 38.4 Å². The zero-order valence-corrected chi connectivity index (χ0v) is 13.8. The summed E-state index contributed by atoms with van der Waals surface area (Å²) in [5.41, 5.74) is 3.14. The van der Waals surface area contributed by atoms with Gasteiger partial charge in [-0.25, -0.2) is 0 Å². The van der Waals surface area contributed by atoms with Crippen LogP contribution in [0.4, 0.5) is 5.69 Å². The predicted molar refractivity (Wildman–Crippen MR) is 91.7 cm³/mol. The van der Waals surface area contributed by atoms with E-state index in [1.165, 1.54) is 0 Å². The number of carbonyl (C=O) groups is 1. The van der Waals surface area contributed by atoms with Crippen LogP contribution in [0.5, 0.6) is 5.75 Å². The van der Waals surface area contributed by atoms with Crippen molar-refractivity contribution in [3.8, 4) is 5.75 Å². The van der Waals surface area contributed by atoms with Crippen LogP contribution in [0.2, 0.25) is 0 Å². The van der Waals surface area contributed by atoms with Crippen LogP contribution >= 0.6 is 15.9 Å². The maximum Gasteiger partial charge on any atom is 0.272 e. The lowest BCUT2D eigenvalue weighted by atomic mass is 10.2. The lowest BCUT2D eigenvalue weighted by molar-refractivity contribution is 0.102. The number of rotatable bonds is 3. The Morgan fingerprint density at radius 3 is 2.77 bits per heavy atom. The zero-order chi connectivity index (χ0) is 15.7. The normalized spacial score (nSPS) is 10.7. The molecule has 2 N–H and O–H groups in total. The third kappa shape index (κ3) is 2.85. The molecule has 0 aliphatic rings. The molecular formula is C17H15BrN2O2. The van der Waals surface area contributed by atoms with Crippen LogP contribution in [0.3, 0.4) is 0 Å². The SMILES string of the molecule is COc1ccc(C)cc1NC(=O)c1cc2ccc(Br)cc2[nH]1. The number of aromatic amines is 1. The molecule has 4 nitrogen and oxygen atoms in total. The monoisotopic (exact) mass is 358 g/mol. The van der Waals surface area contributed by atoms with E-state index < -0.39 is 0 Å². The summed E-state index contributed by atoms with van der Waals surface area (Å²) in [6.07, 6.45) is 0. The average molecular weight is 359 g/mol. The van der Waals surface area contributed by atoms with Gasteiger partial charge in [0.25, 0.3) is 5.91 Å². The van der Waals surface area contributed by atoms with Crippen LogP contribution in [0.25, 0.3) is 10.9 Å². The molecule has 1 amide bonds.